The summed E-state index contributed by atoms with van der Waals surface area (Å²) in [6.07, 6.45) is 0. The second-order valence-electron chi connectivity index (χ2n) is 4.71. The number of benzene rings is 2. The summed E-state index contributed by atoms with van der Waals surface area (Å²) in [5.41, 5.74) is 3.66. The van der Waals surface area contributed by atoms with E-state index in [-0.39, 0.29) is 5.91 Å². The van der Waals surface area contributed by atoms with Crippen molar-refractivity contribution in [3.8, 4) is 0 Å². The molecule has 0 aliphatic heterocycles. The van der Waals surface area contributed by atoms with Gasteiger partial charge in [0.25, 0.3) is 5.91 Å². The lowest BCUT2D eigenvalue weighted by molar-refractivity contribution is 0.0963. The summed E-state index contributed by atoms with van der Waals surface area (Å²) in [6.45, 7) is 2.69. The molecule has 5 heteroatoms. The number of anilines is 1. The minimum atomic E-state index is -0.130. The van der Waals surface area contributed by atoms with Crippen molar-refractivity contribution in [3.05, 3.63) is 62.6 Å². The molecule has 1 amide bonds. The van der Waals surface area contributed by atoms with E-state index in [4.69, 9.17) is 11.6 Å². The molecule has 0 heterocycles. The molecule has 0 fully saturated rings. The molecule has 2 rings (SSSR count). The maximum Gasteiger partial charge on any atom is 0.251 e. The van der Waals surface area contributed by atoms with Crippen molar-refractivity contribution >= 4 is 39.1 Å². The zero-order valence-electron chi connectivity index (χ0n) is 11.8. The first kappa shape index (κ1) is 15.9. The number of halogens is 2. The summed E-state index contributed by atoms with van der Waals surface area (Å²) < 4.78 is 1.09. The summed E-state index contributed by atoms with van der Waals surface area (Å²) in [4.78, 5) is 11.6. The average Bonchev–Trinajstić information content (AvgIpc) is 2.49. The molecule has 3 nitrogen and oxygen atoms in total. The molecule has 0 saturated carbocycles. The van der Waals surface area contributed by atoms with Crippen molar-refractivity contribution in [3.63, 3.8) is 0 Å². The first-order valence-electron chi connectivity index (χ1n) is 6.52. The third-order valence-electron chi connectivity index (χ3n) is 3.16. The molecular weight excluding hydrogens is 352 g/mol. The van der Waals surface area contributed by atoms with Crippen molar-refractivity contribution in [1.82, 2.24) is 5.32 Å². The second-order valence-corrected chi connectivity index (χ2v) is 5.97. The smallest absolute Gasteiger partial charge is 0.251 e. The number of amides is 1. The first-order chi connectivity index (χ1) is 10.0. The Morgan fingerprint density at radius 2 is 2.00 bits per heavy atom. The van der Waals surface area contributed by atoms with E-state index in [9.17, 15) is 4.79 Å². The fourth-order valence-corrected chi connectivity index (χ4v) is 2.39. The van der Waals surface area contributed by atoms with Crippen molar-refractivity contribution in [2.45, 2.75) is 13.5 Å². The highest BCUT2D eigenvalue weighted by Gasteiger charge is 2.07. The van der Waals surface area contributed by atoms with Gasteiger partial charge in [-0.1, -0.05) is 39.7 Å². The Morgan fingerprint density at radius 1 is 1.24 bits per heavy atom. The third-order valence-corrected chi connectivity index (χ3v) is 4.38. The predicted molar refractivity (Wildman–Crippen MR) is 91.0 cm³/mol. The molecule has 0 saturated heterocycles. The lowest BCUT2D eigenvalue weighted by atomic mass is 10.1. The molecule has 2 aromatic rings. The molecule has 0 unspecified atom stereocenters. The van der Waals surface area contributed by atoms with Crippen LogP contribution in [0.15, 0.2) is 40.9 Å². The van der Waals surface area contributed by atoms with E-state index < -0.39 is 0 Å². The second kappa shape index (κ2) is 6.96. The summed E-state index contributed by atoms with van der Waals surface area (Å²) >= 11 is 9.65. The Kier molecular flexibility index (Phi) is 5.26. The standard InChI is InChI=1S/C16H16BrClN2O/c1-10-7-11(3-5-13(10)17)9-20-15-8-12(16(21)19-2)4-6-14(15)18/h3-8,20H,9H2,1-2H3,(H,19,21). The van der Waals surface area contributed by atoms with Crippen LogP contribution in [0.4, 0.5) is 5.69 Å². The summed E-state index contributed by atoms with van der Waals surface area (Å²) in [6, 6.07) is 11.4. The van der Waals surface area contributed by atoms with Crippen LogP contribution in [-0.2, 0) is 6.54 Å². The number of hydrogen-bond donors (Lipinski definition) is 2. The molecule has 0 aromatic heterocycles. The van der Waals surface area contributed by atoms with Crippen LogP contribution in [0.1, 0.15) is 21.5 Å². The van der Waals surface area contributed by atoms with Crippen molar-refractivity contribution in [2.75, 3.05) is 12.4 Å². The van der Waals surface area contributed by atoms with Gasteiger partial charge in [-0.05, 0) is 42.3 Å². The van der Waals surface area contributed by atoms with Crippen LogP contribution in [0, 0.1) is 6.92 Å². The van der Waals surface area contributed by atoms with Gasteiger partial charge in [0.05, 0.1) is 10.7 Å². The van der Waals surface area contributed by atoms with Crippen LogP contribution in [-0.4, -0.2) is 13.0 Å². The summed E-state index contributed by atoms with van der Waals surface area (Å²) in [5.74, 6) is -0.130. The maximum atomic E-state index is 11.6. The molecule has 0 radical (unpaired) electrons. The molecule has 0 bridgehead atoms. The minimum absolute atomic E-state index is 0.130. The van der Waals surface area contributed by atoms with Gasteiger partial charge in [-0.15, -0.1) is 0 Å². The third kappa shape index (κ3) is 3.99. The zero-order valence-corrected chi connectivity index (χ0v) is 14.2. The van der Waals surface area contributed by atoms with Crippen LogP contribution in [0.25, 0.3) is 0 Å². The van der Waals surface area contributed by atoms with Gasteiger partial charge < -0.3 is 10.6 Å². The van der Waals surface area contributed by atoms with E-state index in [2.05, 4.69) is 32.6 Å². The Balaban J connectivity index is 2.15. The van der Waals surface area contributed by atoms with Gasteiger partial charge in [-0.3, -0.25) is 4.79 Å². The fraction of sp³-hybridized carbons (Fsp3) is 0.188. The molecule has 110 valence electrons. The molecular formula is C16H16BrClN2O. The van der Waals surface area contributed by atoms with E-state index in [1.54, 1.807) is 25.2 Å². The van der Waals surface area contributed by atoms with Crippen molar-refractivity contribution < 1.29 is 4.79 Å². The average molecular weight is 368 g/mol. The van der Waals surface area contributed by atoms with Crippen molar-refractivity contribution in [1.29, 1.82) is 0 Å². The van der Waals surface area contributed by atoms with Gasteiger partial charge in [0.2, 0.25) is 0 Å². The highest BCUT2D eigenvalue weighted by Crippen LogP contribution is 2.24. The SMILES string of the molecule is CNC(=O)c1ccc(Cl)c(NCc2ccc(Br)c(C)c2)c1. The maximum absolute atomic E-state index is 11.6. The Labute approximate surface area is 137 Å². The van der Waals surface area contributed by atoms with Crippen LogP contribution >= 0.6 is 27.5 Å². The van der Waals surface area contributed by atoms with Gasteiger partial charge in [0.1, 0.15) is 0 Å². The lowest BCUT2D eigenvalue weighted by Gasteiger charge is -2.11. The summed E-state index contributed by atoms with van der Waals surface area (Å²) in [5, 5.41) is 6.46. The number of nitrogens with one attached hydrogen (secondary N) is 2. The normalized spacial score (nSPS) is 10.3. The molecule has 0 aliphatic rings. The van der Waals surface area contributed by atoms with E-state index in [0.29, 0.717) is 17.1 Å². The van der Waals surface area contributed by atoms with E-state index >= 15 is 0 Å². The zero-order chi connectivity index (χ0) is 15.4. The predicted octanol–water partition coefficient (Wildman–Crippen LogP) is 4.38. The lowest BCUT2D eigenvalue weighted by Crippen LogP contribution is -2.17. The van der Waals surface area contributed by atoms with Crippen LogP contribution in [0.5, 0.6) is 0 Å². The Hall–Kier alpha value is -1.52. The van der Waals surface area contributed by atoms with Crippen LogP contribution < -0.4 is 10.6 Å². The molecule has 0 aliphatic carbocycles. The number of carbonyl (C=O) groups excluding carboxylic acids is 1. The molecule has 21 heavy (non-hydrogen) atoms. The van der Waals surface area contributed by atoms with Gasteiger partial charge in [-0.25, -0.2) is 0 Å². The summed E-state index contributed by atoms with van der Waals surface area (Å²) in [7, 11) is 1.61. The van der Waals surface area contributed by atoms with E-state index in [0.717, 1.165) is 15.7 Å². The highest BCUT2D eigenvalue weighted by atomic mass is 79.9. The fourth-order valence-electron chi connectivity index (χ4n) is 1.96. The number of rotatable bonds is 4. The number of carbonyl (C=O) groups is 1. The van der Waals surface area contributed by atoms with Gasteiger partial charge in [-0.2, -0.15) is 0 Å². The monoisotopic (exact) mass is 366 g/mol. The topological polar surface area (TPSA) is 41.1 Å². The Morgan fingerprint density at radius 3 is 2.67 bits per heavy atom. The number of hydrogen-bond acceptors (Lipinski definition) is 2. The Bertz CT molecular complexity index is 673. The van der Waals surface area contributed by atoms with Gasteiger partial charge >= 0.3 is 0 Å². The van der Waals surface area contributed by atoms with Crippen LogP contribution in [0.2, 0.25) is 5.02 Å². The highest BCUT2D eigenvalue weighted by molar-refractivity contribution is 9.10. The molecule has 2 N–H and O–H groups in total. The quantitative estimate of drug-likeness (QED) is 0.842. The largest absolute Gasteiger partial charge is 0.380 e. The van der Waals surface area contributed by atoms with Gasteiger partial charge in [0, 0.05) is 23.6 Å². The van der Waals surface area contributed by atoms with E-state index in [1.165, 1.54) is 5.56 Å². The molecule has 0 spiro atoms. The minimum Gasteiger partial charge on any atom is -0.380 e. The van der Waals surface area contributed by atoms with Crippen molar-refractivity contribution in [2.24, 2.45) is 0 Å². The van der Waals surface area contributed by atoms with E-state index in [1.807, 2.05) is 19.1 Å². The van der Waals surface area contributed by atoms with Crippen LogP contribution in [0.3, 0.4) is 0 Å². The molecule has 0 atom stereocenters. The number of aryl methyl sites for hydroxylation is 1. The molecule has 2 aromatic carbocycles. The first-order valence-corrected chi connectivity index (χ1v) is 7.69. The van der Waals surface area contributed by atoms with Gasteiger partial charge in [0.15, 0.2) is 0 Å².